The first-order chi connectivity index (χ1) is 14.0. The molecule has 1 N–H and O–H groups in total. The van der Waals surface area contributed by atoms with Crippen LogP contribution in [0.25, 0.3) is 0 Å². The van der Waals surface area contributed by atoms with Crippen molar-refractivity contribution in [1.82, 2.24) is 19.6 Å². The Kier molecular flexibility index (Phi) is 5.38. The Balaban J connectivity index is 1.69. The zero-order chi connectivity index (χ0) is 20.5. The van der Waals surface area contributed by atoms with Crippen LogP contribution in [-0.4, -0.2) is 70.7 Å². The average Bonchev–Trinajstić information content (AvgIpc) is 3.10. The fourth-order valence-electron chi connectivity index (χ4n) is 4.01. The van der Waals surface area contributed by atoms with Gasteiger partial charge in [-0.3, -0.25) is 24.1 Å². The highest BCUT2D eigenvalue weighted by Gasteiger charge is 2.34. The molecule has 29 heavy (non-hydrogen) atoms. The summed E-state index contributed by atoms with van der Waals surface area (Å²) in [5.41, 5.74) is 2.27. The molecule has 8 heteroatoms. The second kappa shape index (κ2) is 7.96. The van der Waals surface area contributed by atoms with Crippen LogP contribution >= 0.6 is 0 Å². The number of hydrogen-bond acceptors (Lipinski definition) is 5. The van der Waals surface area contributed by atoms with Crippen LogP contribution in [0, 0.1) is 0 Å². The summed E-state index contributed by atoms with van der Waals surface area (Å²) in [5.74, 6) is -0.297. The van der Waals surface area contributed by atoms with Crippen molar-refractivity contribution in [3.63, 3.8) is 0 Å². The molecule has 154 valence electrons. The van der Waals surface area contributed by atoms with E-state index >= 15 is 0 Å². The van der Waals surface area contributed by atoms with Gasteiger partial charge in [0.05, 0.1) is 24.1 Å². The predicted molar refractivity (Wildman–Crippen MR) is 113 cm³/mol. The molecule has 2 aliphatic rings. The van der Waals surface area contributed by atoms with Crippen LogP contribution in [0.3, 0.4) is 0 Å². The summed E-state index contributed by atoms with van der Waals surface area (Å²) in [4.78, 5) is 32.7. The van der Waals surface area contributed by atoms with Gasteiger partial charge in [-0.05, 0) is 32.5 Å². The van der Waals surface area contributed by atoms with Gasteiger partial charge in [-0.25, -0.2) is 0 Å². The second-order valence-electron chi connectivity index (χ2n) is 7.83. The summed E-state index contributed by atoms with van der Waals surface area (Å²) in [6, 6.07) is 7.43. The summed E-state index contributed by atoms with van der Waals surface area (Å²) in [6.45, 7) is 11.1. The lowest BCUT2D eigenvalue weighted by molar-refractivity contribution is -0.119. The Hall–Kier alpha value is -2.71. The number of para-hydroxylation sites is 2. The van der Waals surface area contributed by atoms with Gasteiger partial charge in [-0.2, -0.15) is 5.10 Å². The van der Waals surface area contributed by atoms with Crippen molar-refractivity contribution in [3.05, 3.63) is 36.2 Å². The number of likely N-dealkylation sites (N-methyl/N-ethyl adjacent to an activating group) is 1. The number of benzene rings is 1. The van der Waals surface area contributed by atoms with Crippen LogP contribution in [0.2, 0.25) is 0 Å². The topological polar surface area (TPSA) is 73.7 Å². The van der Waals surface area contributed by atoms with Gasteiger partial charge in [0.2, 0.25) is 5.91 Å². The van der Waals surface area contributed by atoms with Gasteiger partial charge >= 0.3 is 0 Å². The molecular weight excluding hydrogens is 368 g/mol. The fourth-order valence-corrected chi connectivity index (χ4v) is 4.01. The molecule has 1 aromatic carbocycles. The Morgan fingerprint density at radius 1 is 1.10 bits per heavy atom. The molecule has 0 aliphatic carbocycles. The van der Waals surface area contributed by atoms with E-state index in [1.165, 1.54) is 0 Å². The number of piperazine rings is 1. The fraction of sp³-hybridized carbons (Fsp3) is 0.476. The highest BCUT2D eigenvalue weighted by molar-refractivity contribution is 6.17. The van der Waals surface area contributed by atoms with Gasteiger partial charge < -0.3 is 10.2 Å². The van der Waals surface area contributed by atoms with Crippen molar-refractivity contribution in [1.29, 1.82) is 0 Å². The van der Waals surface area contributed by atoms with Crippen LogP contribution in [0.15, 0.2) is 30.5 Å². The molecule has 8 nitrogen and oxygen atoms in total. The first-order valence-electron chi connectivity index (χ1n) is 10.2. The molecule has 0 spiro atoms. The SMILES string of the molecule is CCN1CCN(CC(=O)N2c3ccccc3NC(=O)c3c2cnn3C(C)C)CC1. The van der Waals surface area contributed by atoms with E-state index in [-0.39, 0.29) is 17.9 Å². The van der Waals surface area contributed by atoms with E-state index in [2.05, 4.69) is 27.1 Å². The number of carbonyl (C=O) groups is 2. The van der Waals surface area contributed by atoms with E-state index < -0.39 is 0 Å². The molecule has 4 rings (SSSR count). The third kappa shape index (κ3) is 3.65. The van der Waals surface area contributed by atoms with Gasteiger partial charge in [0.15, 0.2) is 5.69 Å². The van der Waals surface area contributed by atoms with Crippen molar-refractivity contribution in [2.75, 3.05) is 49.5 Å². The van der Waals surface area contributed by atoms with Gasteiger partial charge in [-0.15, -0.1) is 0 Å². The molecular formula is C21H28N6O2. The van der Waals surface area contributed by atoms with Crippen LogP contribution < -0.4 is 10.2 Å². The highest BCUT2D eigenvalue weighted by atomic mass is 16.2. The molecule has 0 atom stereocenters. The number of anilines is 3. The van der Waals surface area contributed by atoms with E-state index in [1.807, 2.05) is 38.1 Å². The molecule has 1 fully saturated rings. The summed E-state index contributed by atoms with van der Waals surface area (Å²) in [7, 11) is 0. The summed E-state index contributed by atoms with van der Waals surface area (Å²) in [6.07, 6.45) is 1.63. The van der Waals surface area contributed by atoms with E-state index in [9.17, 15) is 9.59 Å². The number of nitrogens with zero attached hydrogens (tertiary/aromatic N) is 5. The van der Waals surface area contributed by atoms with Crippen molar-refractivity contribution >= 4 is 28.9 Å². The molecule has 1 aromatic heterocycles. The number of nitrogens with one attached hydrogen (secondary N) is 1. The normalized spacial score (nSPS) is 17.7. The van der Waals surface area contributed by atoms with Crippen LogP contribution in [0.5, 0.6) is 0 Å². The van der Waals surface area contributed by atoms with E-state index in [4.69, 9.17) is 0 Å². The van der Waals surface area contributed by atoms with Crippen LogP contribution in [0.1, 0.15) is 37.3 Å². The first kappa shape index (κ1) is 19.6. The molecule has 2 aromatic rings. The number of aromatic nitrogens is 2. The lowest BCUT2D eigenvalue weighted by Crippen LogP contribution is -2.49. The lowest BCUT2D eigenvalue weighted by Gasteiger charge is -2.34. The molecule has 0 bridgehead atoms. The van der Waals surface area contributed by atoms with Crippen LogP contribution in [-0.2, 0) is 4.79 Å². The van der Waals surface area contributed by atoms with E-state index in [1.54, 1.807) is 15.8 Å². The summed E-state index contributed by atoms with van der Waals surface area (Å²) < 4.78 is 1.68. The van der Waals surface area contributed by atoms with Gasteiger partial charge in [0.25, 0.3) is 5.91 Å². The van der Waals surface area contributed by atoms with Gasteiger partial charge in [0.1, 0.15) is 5.69 Å². The Morgan fingerprint density at radius 3 is 2.48 bits per heavy atom. The zero-order valence-electron chi connectivity index (χ0n) is 17.3. The Labute approximate surface area is 171 Å². The van der Waals surface area contributed by atoms with Crippen molar-refractivity contribution in [2.24, 2.45) is 0 Å². The van der Waals surface area contributed by atoms with E-state index in [0.29, 0.717) is 29.3 Å². The minimum atomic E-state index is -0.245. The number of amides is 2. The first-order valence-corrected chi connectivity index (χ1v) is 10.2. The Morgan fingerprint density at radius 2 is 1.79 bits per heavy atom. The molecule has 2 amide bonds. The average molecular weight is 396 g/mol. The second-order valence-corrected chi connectivity index (χ2v) is 7.83. The number of carbonyl (C=O) groups excluding carboxylic acids is 2. The monoisotopic (exact) mass is 396 g/mol. The maximum Gasteiger partial charge on any atom is 0.276 e. The number of hydrogen-bond donors (Lipinski definition) is 1. The third-order valence-corrected chi connectivity index (χ3v) is 5.63. The van der Waals surface area contributed by atoms with Gasteiger partial charge in [0, 0.05) is 32.2 Å². The third-order valence-electron chi connectivity index (χ3n) is 5.63. The molecule has 1 saturated heterocycles. The summed E-state index contributed by atoms with van der Waals surface area (Å²) >= 11 is 0. The maximum absolute atomic E-state index is 13.5. The maximum atomic E-state index is 13.5. The minimum absolute atomic E-state index is 0.00443. The van der Waals surface area contributed by atoms with Gasteiger partial charge in [-0.1, -0.05) is 19.1 Å². The lowest BCUT2D eigenvalue weighted by atomic mass is 10.2. The molecule has 2 aliphatic heterocycles. The highest BCUT2D eigenvalue weighted by Crippen LogP contribution is 2.38. The zero-order valence-corrected chi connectivity index (χ0v) is 17.3. The number of fused-ring (bicyclic) bond motifs is 2. The smallest absolute Gasteiger partial charge is 0.276 e. The quantitative estimate of drug-likeness (QED) is 0.859. The van der Waals surface area contributed by atoms with Crippen molar-refractivity contribution in [2.45, 2.75) is 26.8 Å². The predicted octanol–water partition coefficient (Wildman–Crippen LogP) is 2.33. The van der Waals surface area contributed by atoms with Crippen molar-refractivity contribution < 1.29 is 9.59 Å². The molecule has 3 heterocycles. The van der Waals surface area contributed by atoms with E-state index in [0.717, 1.165) is 32.7 Å². The standard InChI is InChI=1S/C21H28N6O2/c1-4-24-9-11-25(12-10-24)14-19(28)26-17-8-6-5-7-16(17)23-21(29)20-18(26)13-22-27(20)15(2)3/h5-8,13,15H,4,9-12,14H2,1-3H3,(H,23,29). The molecule has 0 radical (unpaired) electrons. The van der Waals surface area contributed by atoms with Crippen LogP contribution in [0.4, 0.5) is 17.1 Å². The van der Waals surface area contributed by atoms with Crippen molar-refractivity contribution in [3.8, 4) is 0 Å². The largest absolute Gasteiger partial charge is 0.319 e. The minimum Gasteiger partial charge on any atom is -0.319 e. The summed E-state index contributed by atoms with van der Waals surface area (Å²) in [5, 5.41) is 7.35. The number of rotatable bonds is 4. The Bertz CT molecular complexity index is 914. The molecule has 0 saturated carbocycles. The molecule has 0 unspecified atom stereocenters.